The Morgan fingerprint density at radius 2 is 2.23 bits per heavy atom. The van der Waals surface area contributed by atoms with Crippen LogP contribution >= 0.6 is 11.3 Å². The van der Waals surface area contributed by atoms with Gasteiger partial charge in [0.05, 0.1) is 5.56 Å². The summed E-state index contributed by atoms with van der Waals surface area (Å²) in [6.07, 6.45) is 2.67. The molecular formula is C17H17N3OS. The van der Waals surface area contributed by atoms with E-state index in [9.17, 15) is 4.79 Å². The molecule has 1 aliphatic rings. The molecule has 0 radical (unpaired) electrons. The number of rotatable bonds is 4. The van der Waals surface area contributed by atoms with Crippen LogP contribution in [0.25, 0.3) is 0 Å². The number of anilines is 2. The van der Waals surface area contributed by atoms with E-state index in [1.54, 1.807) is 6.07 Å². The first-order valence-corrected chi connectivity index (χ1v) is 8.26. The lowest BCUT2D eigenvalue weighted by Crippen LogP contribution is -2.32. The van der Waals surface area contributed by atoms with Crippen molar-refractivity contribution in [2.24, 2.45) is 0 Å². The number of fused-ring (bicyclic) bond motifs is 1. The van der Waals surface area contributed by atoms with E-state index in [1.807, 2.05) is 11.4 Å². The SMILES string of the molecule is N#Cc1ccsc1NC(=O)CCN1CCCc2ccccc21. The molecule has 0 unspecified atom stereocenters. The van der Waals surface area contributed by atoms with Crippen LogP contribution in [0.3, 0.4) is 0 Å². The van der Waals surface area contributed by atoms with Crippen LogP contribution in [-0.2, 0) is 11.2 Å². The Morgan fingerprint density at radius 1 is 1.36 bits per heavy atom. The van der Waals surface area contributed by atoms with Gasteiger partial charge in [0.1, 0.15) is 11.1 Å². The van der Waals surface area contributed by atoms with Gasteiger partial charge >= 0.3 is 0 Å². The zero-order valence-electron chi connectivity index (χ0n) is 12.2. The topological polar surface area (TPSA) is 56.1 Å². The standard InChI is InChI=1S/C17H17N3OS/c18-12-14-8-11-22-17(14)19-16(21)7-10-20-9-3-5-13-4-1-2-6-15(13)20/h1-2,4,6,8,11H,3,5,7,9-10H2,(H,19,21). The molecule has 2 heterocycles. The fourth-order valence-electron chi connectivity index (χ4n) is 2.76. The van der Waals surface area contributed by atoms with Crippen molar-refractivity contribution in [1.29, 1.82) is 5.26 Å². The van der Waals surface area contributed by atoms with Gasteiger partial charge in [-0.2, -0.15) is 5.26 Å². The summed E-state index contributed by atoms with van der Waals surface area (Å²) in [7, 11) is 0. The number of para-hydroxylation sites is 1. The molecule has 0 spiro atoms. The van der Waals surface area contributed by atoms with Gasteiger partial charge in [-0.05, 0) is 35.9 Å². The largest absolute Gasteiger partial charge is 0.371 e. The van der Waals surface area contributed by atoms with Gasteiger partial charge in [0, 0.05) is 25.2 Å². The zero-order valence-corrected chi connectivity index (χ0v) is 13.0. The second-order valence-electron chi connectivity index (χ2n) is 5.29. The molecule has 1 N–H and O–H groups in total. The molecule has 0 saturated heterocycles. The van der Waals surface area contributed by atoms with E-state index in [1.165, 1.54) is 22.6 Å². The summed E-state index contributed by atoms with van der Waals surface area (Å²) in [5.74, 6) is -0.0398. The predicted molar refractivity (Wildman–Crippen MR) is 89.3 cm³/mol. The highest BCUT2D eigenvalue weighted by Crippen LogP contribution is 2.27. The van der Waals surface area contributed by atoms with Gasteiger partial charge in [-0.15, -0.1) is 11.3 Å². The molecule has 3 rings (SSSR count). The smallest absolute Gasteiger partial charge is 0.226 e. The maximum atomic E-state index is 12.1. The van der Waals surface area contributed by atoms with Crippen LogP contribution in [0.2, 0.25) is 0 Å². The lowest BCUT2D eigenvalue weighted by molar-refractivity contribution is -0.116. The predicted octanol–water partition coefficient (Wildman–Crippen LogP) is 3.40. The fraction of sp³-hybridized carbons (Fsp3) is 0.294. The minimum Gasteiger partial charge on any atom is -0.371 e. The van der Waals surface area contributed by atoms with Gasteiger partial charge in [0.15, 0.2) is 0 Å². The van der Waals surface area contributed by atoms with Crippen molar-refractivity contribution < 1.29 is 4.79 Å². The number of carbonyl (C=O) groups excluding carboxylic acids is 1. The molecule has 1 aromatic carbocycles. The van der Waals surface area contributed by atoms with Crippen LogP contribution in [-0.4, -0.2) is 19.0 Å². The molecule has 0 atom stereocenters. The summed E-state index contributed by atoms with van der Waals surface area (Å²) in [4.78, 5) is 14.4. The Morgan fingerprint density at radius 3 is 3.09 bits per heavy atom. The summed E-state index contributed by atoms with van der Waals surface area (Å²) in [6.45, 7) is 1.70. The lowest BCUT2D eigenvalue weighted by Gasteiger charge is -2.31. The van der Waals surface area contributed by atoms with Gasteiger partial charge in [-0.3, -0.25) is 4.79 Å². The summed E-state index contributed by atoms with van der Waals surface area (Å²) in [6, 6.07) is 12.2. The molecule has 0 saturated carbocycles. The average Bonchev–Trinajstić information content (AvgIpc) is 3.00. The van der Waals surface area contributed by atoms with Gasteiger partial charge in [0.2, 0.25) is 5.91 Å². The second-order valence-corrected chi connectivity index (χ2v) is 6.21. The Kier molecular flexibility index (Phi) is 4.40. The van der Waals surface area contributed by atoms with Gasteiger partial charge < -0.3 is 10.2 Å². The van der Waals surface area contributed by atoms with Crippen LogP contribution in [0.5, 0.6) is 0 Å². The average molecular weight is 311 g/mol. The van der Waals surface area contributed by atoms with Crippen LogP contribution in [0.1, 0.15) is 24.0 Å². The maximum absolute atomic E-state index is 12.1. The summed E-state index contributed by atoms with van der Waals surface area (Å²) >= 11 is 1.38. The first-order valence-electron chi connectivity index (χ1n) is 7.38. The number of carbonyl (C=O) groups is 1. The van der Waals surface area contributed by atoms with Gasteiger partial charge in [-0.1, -0.05) is 18.2 Å². The van der Waals surface area contributed by atoms with Crippen molar-refractivity contribution in [2.45, 2.75) is 19.3 Å². The number of hydrogen-bond donors (Lipinski definition) is 1. The molecule has 1 aliphatic heterocycles. The Balaban J connectivity index is 1.59. The van der Waals surface area contributed by atoms with E-state index in [2.05, 4.69) is 34.5 Å². The number of nitrogens with zero attached hydrogens (tertiary/aromatic N) is 2. The first-order chi connectivity index (χ1) is 10.8. The molecule has 2 aromatic rings. The minimum atomic E-state index is -0.0398. The summed E-state index contributed by atoms with van der Waals surface area (Å²) < 4.78 is 0. The third-order valence-electron chi connectivity index (χ3n) is 3.85. The molecule has 5 heteroatoms. The number of amides is 1. The number of aryl methyl sites for hydroxylation is 1. The van der Waals surface area contributed by atoms with Crippen LogP contribution in [0, 0.1) is 11.3 Å². The third-order valence-corrected chi connectivity index (χ3v) is 4.68. The fourth-order valence-corrected chi connectivity index (χ4v) is 3.52. The van der Waals surface area contributed by atoms with Crippen molar-refractivity contribution in [3.05, 3.63) is 46.8 Å². The quantitative estimate of drug-likeness (QED) is 0.941. The van der Waals surface area contributed by atoms with Gasteiger partial charge in [-0.25, -0.2) is 0 Å². The van der Waals surface area contributed by atoms with Crippen molar-refractivity contribution in [1.82, 2.24) is 0 Å². The molecular weight excluding hydrogens is 294 g/mol. The van der Waals surface area contributed by atoms with Crippen LogP contribution < -0.4 is 10.2 Å². The van der Waals surface area contributed by atoms with Gasteiger partial charge in [0.25, 0.3) is 0 Å². The van der Waals surface area contributed by atoms with Crippen molar-refractivity contribution in [3.63, 3.8) is 0 Å². The number of hydrogen-bond acceptors (Lipinski definition) is 4. The van der Waals surface area contributed by atoms with Crippen molar-refractivity contribution >= 4 is 27.9 Å². The lowest BCUT2D eigenvalue weighted by atomic mass is 10.0. The molecule has 0 bridgehead atoms. The van der Waals surface area contributed by atoms with E-state index in [0.29, 0.717) is 23.5 Å². The highest BCUT2D eigenvalue weighted by atomic mass is 32.1. The first kappa shape index (κ1) is 14.6. The van der Waals surface area contributed by atoms with Crippen molar-refractivity contribution in [3.8, 4) is 6.07 Å². The maximum Gasteiger partial charge on any atom is 0.226 e. The van der Waals surface area contributed by atoms with E-state index in [4.69, 9.17) is 5.26 Å². The molecule has 1 amide bonds. The molecule has 0 aliphatic carbocycles. The molecule has 1 aromatic heterocycles. The number of thiophene rings is 1. The summed E-state index contributed by atoms with van der Waals surface area (Å²) in [5, 5.41) is 14.3. The number of nitriles is 1. The zero-order chi connectivity index (χ0) is 15.4. The van der Waals surface area contributed by atoms with E-state index in [-0.39, 0.29) is 5.91 Å². The normalized spacial score (nSPS) is 13.3. The van der Waals surface area contributed by atoms with Crippen molar-refractivity contribution in [2.75, 3.05) is 23.3 Å². The highest BCUT2D eigenvalue weighted by Gasteiger charge is 2.17. The third kappa shape index (κ3) is 3.12. The Labute approximate surface area is 134 Å². The monoisotopic (exact) mass is 311 g/mol. The molecule has 112 valence electrons. The Hall–Kier alpha value is -2.32. The highest BCUT2D eigenvalue weighted by molar-refractivity contribution is 7.14. The minimum absolute atomic E-state index is 0.0398. The molecule has 0 fully saturated rings. The summed E-state index contributed by atoms with van der Waals surface area (Å²) in [5.41, 5.74) is 3.14. The van der Waals surface area contributed by atoms with Crippen LogP contribution in [0.4, 0.5) is 10.7 Å². The number of nitrogens with one attached hydrogen (secondary N) is 1. The second kappa shape index (κ2) is 6.63. The van der Waals surface area contributed by atoms with E-state index >= 15 is 0 Å². The molecule has 22 heavy (non-hydrogen) atoms. The Bertz CT molecular complexity index is 717. The van der Waals surface area contributed by atoms with Crippen LogP contribution in [0.15, 0.2) is 35.7 Å². The molecule has 4 nitrogen and oxygen atoms in total. The number of benzene rings is 1. The van der Waals surface area contributed by atoms with E-state index in [0.717, 1.165) is 19.4 Å². The van der Waals surface area contributed by atoms with E-state index < -0.39 is 0 Å².